The summed E-state index contributed by atoms with van der Waals surface area (Å²) in [4.78, 5) is 0. The fourth-order valence-corrected chi connectivity index (χ4v) is 2.34. The van der Waals surface area contributed by atoms with E-state index in [-0.39, 0.29) is 0 Å². The molecule has 1 rings (SSSR count). The van der Waals surface area contributed by atoms with Gasteiger partial charge in [-0.05, 0) is 24.0 Å². The Kier molecular flexibility index (Phi) is 5.53. The minimum atomic E-state index is 0.434. The molecule has 0 spiro atoms. The van der Waals surface area contributed by atoms with Crippen LogP contribution in [0.4, 0.5) is 0 Å². The van der Waals surface area contributed by atoms with Gasteiger partial charge in [0.1, 0.15) is 0 Å². The third-order valence-electron chi connectivity index (χ3n) is 2.20. The van der Waals surface area contributed by atoms with Crippen molar-refractivity contribution in [1.82, 2.24) is 0 Å². The third-order valence-corrected chi connectivity index (χ3v) is 3.33. The number of hydrogen-bond donors (Lipinski definition) is 0. The van der Waals surface area contributed by atoms with Crippen LogP contribution in [0.5, 0.6) is 0 Å². The zero-order valence-corrected chi connectivity index (χ0v) is 10.5. The first kappa shape index (κ1) is 12.0. The monoisotopic (exact) mass is 276 g/mol. The molecule has 78 valence electrons. The average Bonchev–Trinajstić information content (AvgIpc) is 2.21. The van der Waals surface area contributed by atoms with Gasteiger partial charge in [-0.25, -0.2) is 0 Å². The first-order valence-electron chi connectivity index (χ1n) is 4.59. The van der Waals surface area contributed by atoms with Gasteiger partial charge in [-0.1, -0.05) is 45.7 Å². The van der Waals surface area contributed by atoms with Crippen molar-refractivity contribution in [1.29, 1.82) is 0 Å². The van der Waals surface area contributed by atoms with Gasteiger partial charge in [-0.2, -0.15) is 0 Å². The number of benzene rings is 1. The van der Waals surface area contributed by atoms with Crippen molar-refractivity contribution in [3.8, 4) is 0 Å². The number of ether oxygens (including phenoxy) is 1. The van der Waals surface area contributed by atoms with Gasteiger partial charge >= 0.3 is 0 Å². The first-order valence-corrected chi connectivity index (χ1v) is 6.09. The lowest BCUT2D eigenvalue weighted by Gasteiger charge is -2.15. The van der Waals surface area contributed by atoms with Gasteiger partial charge in [0.15, 0.2) is 0 Å². The van der Waals surface area contributed by atoms with E-state index in [1.165, 1.54) is 5.56 Å². The average molecular weight is 278 g/mol. The van der Waals surface area contributed by atoms with E-state index < -0.39 is 0 Å². The van der Waals surface area contributed by atoms with Crippen molar-refractivity contribution in [3.05, 3.63) is 34.9 Å². The maximum Gasteiger partial charge on any atom is 0.0468 e. The van der Waals surface area contributed by atoms with Crippen LogP contribution in [0, 0.1) is 0 Å². The Hall–Kier alpha value is -0.0500. The molecule has 1 atom stereocenters. The molecule has 0 aliphatic heterocycles. The molecular formula is C11H14BrClO. The summed E-state index contributed by atoms with van der Waals surface area (Å²) in [5, 5.41) is 1.76. The van der Waals surface area contributed by atoms with Crippen molar-refractivity contribution in [2.24, 2.45) is 0 Å². The molecule has 1 unspecified atom stereocenters. The largest absolute Gasteiger partial charge is 0.385 e. The summed E-state index contributed by atoms with van der Waals surface area (Å²) >= 11 is 9.62. The molecule has 0 heterocycles. The summed E-state index contributed by atoms with van der Waals surface area (Å²) in [5.74, 6) is 0.434. The SMILES string of the molecule is COCCC(CBr)c1ccccc1Cl. The van der Waals surface area contributed by atoms with Crippen molar-refractivity contribution in [3.63, 3.8) is 0 Å². The van der Waals surface area contributed by atoms with Gasteiger partial charge in [0.05, 0.1) is 0 Å². The topological polar surface area (TPSA) is 9.23 Å². The molecule has 0 radical (unpaired) electrons. The van der Waals surface area contributed by atoms with Gasteiger partial charge in [0.2, 0.25) is 0 Å². The number of hydrogen-bond acceptors (Lipinski definition) is 1. The molecule has 0 bridgehead atoms. The van der Waals surface area contributed by atoms with E-state index in [0.29, 0.717) is 5.92 Å². The molecule has 0 saturated carbocycles. The summed E-state index contributed by atoms with van der Waals surface area (Å²) in [5.41, 5.74) is 1.20. The first-order chi connectivity index (χ1) is 6.79. The summed E-state index contributed by atoms with van der Waals surface area (Å²) < 4.78 is 5.07. The van der Waals surface area contributed by atoms with Crippen LogP contribution in [-0.2, 0) is 4.74 Å². The molecular weight excluding hydrogens is 263 g/mol. The van der Waals surface area contributed by atoms with Gasteiger partial charge in [-0.3, -0.25) is 0 Å². The standard InChI is InChI=1S/C11H14BrClO/c1-14-7-6-9(8-12)10-4-2-3-5-11(10)13/h2-5,9H,6-8H2,1H3. The summed E-state index contributed by atoms with van der Waals surface area (Å²) in [6.07, 6.45) is 0.992. The highest BCUT2D eigenvalue weighted by Crippen LogP contribution is 2.28. The maximum absolute atomic E-state index is 6.12. The lowest BCUT2D eigenvalue weighted by Crippen LogP contribution is -2.04. The Morgan fingerprint density at radius 2 is 2.14 bits per heavy atom. The summed E-state index contributed by atoms with van der Waals surface area (Å²) in [6, 6.07) is 7.97. The van der Waals surface area contributed by atoms with Gasteiger partial charge in [0.25, 0.3) is 0 Å². The zero-order chi connectivity index (χ0) is 10.4. The van der Waals surface area contributed by atoms with Gasteiger partial charge in [-0.15, -0.1) is 0 Å². The van der Waals surface area contributed by atoms with Gasteiger partial charge in [0, 0.05) is 24.1 Å². The molecule has 0 aromatic heterocycles. The number of alkyl halides is 1. The molecule has 14 heavy (non-hydrogen) atoms. The van der Waals surface area contributed by atoms with Crippen molar-refractivity contribution < 1.29 is 4.74 Å². The number of methoxy groups -OCH3 is 1. The molecule has 0 amide bonds. The van der Waals surface area contributed by atoms with Crippen molar-refractivity contribution in [2.75, 3.05) is 19.0 Å². The van der Waals surface area contributed by atoms with Crippen LogP contribution in [0.1, 0.15) is 17.9 Å². The highest BCUT2D eigenvalue weighted by atomic mass is 79.9. The predicted octanol–water partition coefficient (Wildman–Crippen LogP) is 3.86. The van der Waals surface area contributed by atoms with Crippen LogP contribution in [-0.4, -0.2) is 19.0 Å². The van der Waals surface area contributed by atoms with E-state index in [2.05, 4.69) is 22.0 Å². The lowest BCUT2D eigenvalue weighted by molar-refractivity contribution is 0.190. The molecule has 3 heteroatoms. The summed E-state index contributed by atoms with van der Waals surface area (Å²) in [7, 11) is 1.72. The van der Waals surface area contributed by atoms with E-state index in [1.54, 1.807) is 7.11 Å². The predicted molar refractivity (Wildman–Crippen MR) is 64.5 cm³/mol. The van der Waals surface area contributed by atoms with Crippen LogP contribution in [0.2, 0.25) is 5.02 Å². The summed E-state index contributed by atoms with van der Waals surface area (Å²) in [6.45, 7) is 0.765. The Morgan fingerprint density at radius 3 is 2.71 bits per heavy atom. The highest BCUT2D eigenvalue weighted by Gasteiger charge is 2.12. The molecule has 1 aromatic carbocycles. The van der Waals surface area contributed by atoms with E-state index >= 15 is 0 Å². The maximum atomic E-state index is 6.12. The molecule has 0 fully saturated rings. The second-order valence-electron chi connectivity index (χ2n) is 3.15. The van der Waals surface area contributed by atoms with Crippen LogP contribution < -0.4 is 0 Å². The Morgan fingerprint density at radius 1 is 1.43 bits per heavy atom. The van der Waals surface area contributed by atoms with E-state index in [0.717, 1.165) is 23.4 Å². The quantitative estimate of drug-likeness (QED) is 0.743. The smallest absolute Gasteiger partial charge is 0.0468 e. The normalized spacial score (nSPS) is 12.8. The Balaban J connectivity index is 2.73. The van der Waals surface area contributed by atoms with Crippen LogP contribution in [0.15, 0.2) is 24.3 Å². The number of halogens is 2. The lowest BCUT2D eigenvalue weighted by atomic mass is 9.98. The highest BCUT2D eigenvalue weighted by molar-refractivity contribution is 9.09. The Bertz CT molecular complexity index is 278. The fraction of sp³-hybridized carbons (Fsp3) is 0.455. The zero-order valence-electron chi connectivity index (χ0n) is 8.17. The van der Waals surface area contributed by atoms with Crippen LogP contribution >= 0.6 is 27.5 Å². The molecule has 0 saturated heterocycles. The van der Waals surface area contributed by atoms with Crippen molar-refractivity contribution >= 4 is 27.5 Å². The van der Waals surface area contributed by atoms with E-state index in [9.17, 15) is 0 Å². The molecule has 0 N–H and O–H groups in total. The molecule has 0 aliphatic carbocycles. The van der Waals surface area contributed by atoms with Crippen LogP contribution in [0.3, 0.4) is 0 Å². The van der Waals surface area contributed by atoms with Crippen molar-refractivity contribution in [2.45, 2.75) is 12.3 Å². The minimum Gasteiger partial charge on any atom is -0.385 e. The van der Waals surface area contributed by atoms with Gasteiger partial charge < -0.3 is 4.74 Å². The minimum absolute atomic E-state index is 0.434. The molecule has 1 aromatic rings. The third kappa shape index (κ3) is 3.26. The Labute approximate surface area is 98.5 Å². The fourth-order valence-electron chi connectivity index (χ4n) is 1.38. The second kappa shape index (κ2) is 6.44. The second-order valence-corrected chi connectivity index (χ2v) is 4.21. The molecule has 0 aliphatic rings. The van der Waals surface area contributed by atoms with E-state index in [1.807, 2.05) is 18.2 Å². The number of rotatable bonds is 5. The van der Waals surface area contributed by atoms with E-state index in [4.69, 9.17) is 16.3 Å². The van der Waals surface area contributed by atoms with Crippen LogP contribution in [0.25, 0.3) is 0 Å². The molecule has 1 nitrogen and oxygen atoms in total.